The second kappa shape index (κ2) is 5.77. The quantitative estimate of drug-likeness (QED) is 0.311. The predicted octanol–water partition coefficient (Wildman–Crippen LogP) is 1.35. The molecule has 0 aliphatic heterocycles. The van der Waals surface area contributed by atoms with Gasteiger partial charge in [-0.05, 0) is 17.7 Å². The Morgan fingerprint density at radius 3 is 2.71 bits per heavy atom. The molecule has 0 spiro atoms. The monoisotopic (exact) mass is 249 g/mol. The molecule has 17 heavy (non-hydrogen) atoms. The Balaban J connectivity index is 2.76. The SMILES string of the molecule is C#CCc1ccc(NC(=N)NC(=N)N)c(Cl)c1. The second-order valence-electron chi connectivity index (χ2n) is 3.23. The number of nitrogens with one attached hydrogen (secondary N) is 4. The fourth-order valence-corrected chi connectivity index (χ4v) is 1.44. The van der Waals surface area contributed by atoms with Crippen LogP contribution in [0, 0.1) is 23.2 Å². The summed E-state index contributed by atoms with van der Waals surface area (Å²) in [6.45, 7) is 0. The van der Waals surface area contributed by atoms with Crippen LogP contribution in [-0.4, -0.2) is 11.9 Å². The summed E-state index contributed by atoms with van der Waals surface area (Å²) in [5.41, 5.74) is 6.56. The number of rotatable bonds is 2. The highest BCUT2D eigenvalue weighted by atomic mass is 35.5. The smallest absolute Gasteiger partial charge is 0.199 e. The van der Waals surface area contributed by atoms with Crippen LogP contribution < -0.4 is 16.4 Å². The average molecular weight is 250 g/mol. The summed E-state index contributed by atoms with van der Waals surface area (Å²) in [5.74, 6) is 2.08. The minimum absolute atomic E-state index is 0.121. The van der Waals surface area contributed by atoms with Gasteiger partial charge in [-0.15, -0.1) is 12.3 Å². The number of nitrogens with two attached hydrogens (primary N) is 1. The van der Waals surface area contributed by atoms with E-state index in [1.807, 2.05) is 6.07 Å². The van der Waals surface area contributed by atoms with Gasteiger partial charge in [-0.2, -0.15) is 0 Å². The van der Waals surface area contributed by atoms with Crippen LogP contribution >= 0.6 is 11.6 Å². The minimum atomic E-state index is -0.317. The number of benzene rings is 1. The lowest BCUT2D eigenvalue weighted by Gasteiger charge is -2.10. The maximum Gasteiger partial charge on any atom is 0.199 e. The molecule has 0 fully saturated rings. The van der Waals surface area contributed by atoms with Gasteiger partial charge in [0.1, 0.15) is 0 Å². The molecule has 6 heteroatoms. The summed E-state index contributed by atoms with van der Waals surface area (Å²) in [4.78, 5) is 0. The molecular formula is C11H12ClN5. The lowest BCUT2D eigenvalue weighted by molar-refractivity contribution is 1.20. The van der Waals surface area contributed by atoms with Crippen molar-refractivity contribution in [2.45, 2.75) is 6.42 Å². The lowest BCUT2D eigenvalue weighted by atomic mass is 10.1. The second-order valence-corrected chi connectivity index (χ2v) is 3.64. The Morgan fingerprint density at radius 2 is 2.18 bits per heavy atom. The van der Waals surface area contributed by atoms with Crippen LogP contribution in [0.1, 0.15) is 5.56 Å². The molecule has 0 unspecified atom stereocenters. The highest BCUT2D eigenvalue weighted by Gasteiger charge is 2.04. The largest absolute Gasteiger partial charge is 0.370 e. The molecule has 88 valence electrons. The molecule has 6 N–H and O–H groups in total. The van der Waals surface area contributed by atoms with Gasteiger partial charge >= 0.3 is 0 Å². The Labute approximate surface area is 104 Å². The van der Waals surface area contributed by atoms with E-state index in [2.05, 4.69) is 16.6 Å². The molecule has 1 aromatic rings. The highest BCUT2D eigenvalue weighted by Crippen LogP contribution is 2.22. The van der Waals surface area contributed by atoms with E-state index in [1.165, 1.54) is 0 Å². The third-order valence-corrected chi connectivity index (χ3v) is 2.17. The number of hydrogen-bond acceptors (Lipinski definition) is 2. The molecule has 0 aliphatic carbocycles. The summed E-state index contributed by atoms with van der Waals surface area (Å²) >= 11 is 6.01. The van der Waals surface area contributed by atoms with Crippen molar-refractivity contribution < 1.29 is 0 Å². The third kappa shape index (κ3) is 4.05. The summed E-state index contributed by atoms with van der Waals surface area (Å²) in [6.07, 6.45) is 5.70. The number of halogens is 1. The van der Waals surface area contributed by atoms with Crippen LogP contribution in [0.2, 0.25) is 5.02 Å². The van der Waals surface area contributed by atoms with E-state index in [4.69, 9.17) is 34.6 Å². The molecule has 0 heterocycles. The van der Waals surface area contributed by atoms with Crippen LogP contribution in [0.25, 0.3) is 0 Å². The molecule has 0 amide bonds. The number of anilines is 1. The maximum absolute atomic E-state index is 7.45. The van der Waals surface area contributed by atoms with E-state index in [0.717, 1.165) is 5.56 Å². The molecule has 5 nitrogen and oxygen atoms in total. The Hall–Kier alpha value is -2.19. The number of hydrogen-bond donors (Lipinski definition) is 5. The Kier molecular flexibility index (Phi) is 4.37. The zero-order chi connectivity index (χ0) is 12.8. The van der Waals surface area contributed by atoms with Gasteiger partial charge in [-0.1, -0.05) is 17.7 Å². The van der Waals surface area contributed by atoms with Crippen molar-refractivity contribution in [2.24, 2.45) is 5.73 Å². The first-order valence-corrected chi connectivity index (χ1v) is 5.09. The zero-order valence-corrected chi connectivity index (χ0v) is 9.73. The van der Waals surface area contributed by atoms with Gasteiger partial charge in [0, 0.05) is 6.42 Å². The van der Waals surface area contributed by atoms with E-state index < -0.39 is 0 Å². The normalized spacial score (nSPS) is 9.18. The van der Waals surface area contributed by atoms with Crippen molar-refractivity contribution in [1.82, 2.24) is 5.32 Å². The van der Waals surface area contributed by atoms with E-state index in [-0.39, 0.29) is 11.9 Å². The van der Waals surface area contributed by atoms with Crippen LogP contribution in [0.15, 0.2) is 18.2 Å². The average Bonchev–Trinajstić information content (AvgIpc) is 2.21. The van der Waals surface area contributed by atoms with E-state index in [9.17, 15) is 0 Å². The lowest BCUT2D eigenvalue weighted by Crippen LogP contribution is -2.39. The first-order chi connectivity index (χ1) is 8.02. The first kappa shape index (κ1) is 12.9. The van der Waals surface area contributed by atoms with Crippen molar-refractivity contribution >= 4 is 29.2 Å². The Bertz CT molecular complexity index is 489. The molecule has 0 atom stereocenters. The molecule has 0 radical (unpaired) electrons. The number of terminal acetylenes is 1. The van der Waals surface area contributed by atoms with Gasteiger partial charge in [0.05, 0.1) is 10.7 Å². The Morgan fingerprint density at radius 1 is 1.47 bits per heavy atom. The molecule has 1 rings (SSSR count). The summed E-state index contributed by atoms with van der Waals surface area (Å²) < 4.78 is 0. The van der Waals surface area contributed by atoms with Crippen LogP contribution in [0.3, 0.4) is 0 Å². The first-order valence-electron chi connectivity index (χ1n) is 4.71. The fraction of sp³-hybridized carbons (Fsp3) is 0.0909. The predicted molar refractivity (Wildman–Crippen MR) is 70.4 cm³/mol. The molecule has 0 bridgehead atoms. The summed E-state index contributed by atoms with van der Waals surface area (Å²) in [6, 6.07) is 5.26. The van der Waals surface area contributed by atoms with Crippen LogP contribution in [-0.2, 0) is 6.42 Å². The topological polar surface area (TPSA) is 97.8 Å². The molecule has 0 saturated carbocycles. The third-order valence-electron chi connectivity index (χ3n) is 1.86. The van der Waals surface area contributed by atoms with Gasteiger partial charge in [-0.25, -0.2) is 0 Å². The molecule has 1 aromatic carbocycles. The summed E-state index contributed by atoms with van der Waals surface area (Å²) in [7, 11) is 0. The van der Waals surface area contributed by atoms with E-state index in [0.29, 0.717) is 17.1 Å². The molecule has 0 aliphatic rings. The van der Waals surface area contributed by atoms with Gasteiger partial charge < -0.3 is 11.1 Å². The van der Waals surface area contributed by atoms with Gasteiger partial charge in [0.15, 0.2) is 11.9 Å². The van der Waals surface area contributed by atoms with Gasteiger partial charge in [0.25, 0.3) is 0 Å². The van der Waals surface area contributed by atoms with Crippen molar-refractivity contribution in [2.75, 3.05) is 5.32 Å². The number of guanidine groups is 2. The molecule has 0 saturated heterocycles. The van der Waals surface area contributed by atoms with E-state index >= 15 is 0 Å². The van der Waals surface area contributed by atoms with Gasteiger partial charge in [-0.3, -0.25) is 16.1 Å². The molecular weight excluding hydrogens is 238 g/mol. The van der Waals surface area contributed by atoms with Crippen molar-refractivity contribution in [3.63, 3.8) is 0 Å². The van der Waals surface area contributed by atoms with E-state index in [1.54, 1.807) is 12.1 Å². The van der Waals surface area contributed by atoms with Crippen LogP contribution in [0.4, 0.5) is 5.69 Å². The fourth-order valence-electron chi connectivity index (χ4n) is 1.19. The summed E-state index contributed by atoms with van der Waals surface area (Å²) in [5, 5.41) is 19.8. The maximum atomic E-state index is 7.45. The standard InChI is InChI=1S/C11H12ClN5/c1-2-3-7-4-5-9(8(12)6-7)16-11(15)17-10(13)14/h1,4-6H,3H2,(H6,13,14,15,16,17). The minimum Gasteiger partial charge on any atom is -0.370 e. The van der Waals surface area contributed by atoms with Crippen molar-refractivity contribution in [1.29, 1.82) is 10.8 Å². The van der Waals surface area contributed by atoms with Crippen molar-refractivity contribution in [3.05, 3.63) is 28.8 Å². The molecule has 0 aromatic heterocycles. The zero-order valence-electron chi connectivity index (χ0n) is 8.97. The highest BCUT2D eigenvalue weighted by molar-refractivity contribution is 6.33. The van der Waals surface area contributed by atoms with Gasteiger partial charge in [0.2, 0.25) is 0 Å². The van der Waals surface area contributed by atoms with Crippen LogP contribution in [0.5, 0.6) is 0 Å². The van der Waals surface area contributed by atoms with Crippen molar-refractivity contribution in [3.8, 4) is 12.3 Å².